The van der Waals surface area contributed by atoms with E-state index in [0.29, 0.717) is 6.08 Å². The first-order valence-electron chi connectivity index (χ1n) is 6.73. The molecule has 0 radical (unpaired) electrons. The van der Waals surface area contributed by atoms with Gasteiger partial charge in [-0.2, -0.15) is 8.78 Å². The molecule has 4 N–H and O–H groups in total. The molecule has 0 saturated carbocycles. The number of halogens is 3. The van der Waals surface area contributed by atoms with Gasteiger partial charge in [-0.1, -0.05) is 5.73 Å². The minimum Gasteiger partial charge on any atom is -0.394 e. The number of nitrogen functional groups attached to an aromatic ring is 1. The Hall–Kier alpha value is -2.46. The van der Waals surface area contributed by atoms with Crippen LogP contribution in [0.3, 0.4) is 0 Å². The summed E-state index contributed by atoms with van der Waals surface area (Å²) in [6, 6.07) is 0. The summed E-state index contributed by atoms with van der Waals surface area (Å²) in [4.78, 5) is 11.6. The molecule has 128 valence electrons. The molecule has 0 spiro atoms. The maximum Gasteiger partial charge on any atom is 0.312 e. The fourth-order valence-corrected chi connectivity index (χ4v) is 2.56. The van der Waals surface area contributed by atoms with E-state index in [1.807, 2.05) is 0 Å². The molecule has 2 aromatic rings. The summed E-state index contributed by atoms with van der Waals surface area (Å²) in [6.45, 7) is -0.719. The van der Waals surface area contributed by atoms with Gasteiger partial charge < -0.3 is 20.7 Å². The van der Waals surface area contributed by atoms with E-state index in [2.05, 4.69) is 15.0 Å². The molecule has 3 heterocycles. The van der Waals surface area contributed by atoms with E-state index in [4.69, 9.17) is 10.5 Å². The average Bonchev–Trinajstić information content (AvgIpc) is 3.07. The molecule has 11 heteroatoms. The Labute approximate surface area is 132 Å². The van der Waals surface area contributed by atoms with E-state index < -0.39 is 36.8 Å². The Balaban J connectivity index is 2.16. The fraction of sp³-hybridized carbons (Fsp3) is 0.385. The second kappa shape index (κ2) is 5.87. The summed E-state index contributed by atoms with van der Waals surface area (Å²) in [7, 11) is 0. The van der Waals surface area contributed by atoms with Crippen molar-refractivity contribution < 1.29 is 28.1 Å². The second-order valence-electron chi connectivity index (χ2n) is 5.11. The van der Waals surface area contributed by atoms with Crippen LogP contribution in [0.15, 0.2) is 30.5 Å². The lowest BCUT2D eigenvalue weighted by Crippen LogP contribution is -2.41. The van der Waals surface area contributed by atoms with Gasteiger partial charge in [0.25, 0.3) is 0 Å². The van der Waals surface area contributed by atoms with Crippen LogP contribution in [0.2, 0.25) is 0 Å². The number of nitrogens with two attached hydrogens (primary N) is 1. The average molecular weight is 343 g/mol. The smallest absolute Gasteiger partial charge is 0.312 e. The minimum atomic E-state index is -2.80. The number of aromatic nitrogens is 4. The summed E-state index contributed by atoms with van der Waals surface area (Å²) in [5.41, 5.74) is 4.50. The standard InChI is InChI=1S/C13H12F3N5O3/c14-7(15)1-2-13(16)9(23)6(3-22)24-12(13)21-5-20-8-10(17)18-4-19-11(8)21/h2,4-6,9,12,22-23H,3H2,(H2,17,18,19)/t6-,9-,12-,13-/m1/s1. The predicted molar refractivity (Wildman–Crippen MR) is 74.4 cm³/mol. The predicted octanol–water partition coefficient (Wildman–Crippen LogP) is 0.303. The molecular weight excluding hydrogens is 331 g/mol. The maximum atomic E-state index is 15.3. The van der Waals surface area contributed by atoms with Crippen molar-refractivity contribution in [2.24, 2.45) is 0 Å². The molecule has 2 aromatic heterocycles. The van der Waals surface area contributed by atoms with Crippen LogP contribution in [0.25, 0.3) is 11.2 Å². The minimum absolute atomic E-state index is 0.0331. The molecule has 1 saturated heterocycles. The van der Waals surface area contributed by atoms with Crippen molar-refractivity contribution in [3.05, 3.63) is 30.5 Å². The lowest BCUT2D eigenvalue weighted by Gasteiger charge is -2.25. The SMILES string of the molecule is Nc1ncnc2c1ncn2[C@@H]1O[C@H](CO)[C@@H](O)[C@]1(F)C=C=C(F)F. The zero-order valence-electron chi connectivity index (χ0n) is 12.0. The van der Waals surface area contributed by atoms with Gasteiger partial charge in [-0.05, 0) is 0 Å². The first-order chi connectivity index (χ1) is 11.4. The van der Waals surface area contributed by atoms with Crippen LogP contribution in [0.5, 0.6) is 0 Å². The van der Waals surface area contributed by atoms with Crippen LogP contribution in [0.4, 0.5) is 19.0 Å². The van der Waals surface area contributed by atoms with Gasteiger partial charge in [-0.3, -0.25) is 4.57 Å². The number of ether oxygens (including phenoxy) is 1. The van der Waals surface area contributed by atoms with E-state index in [1.165, 1.54) is 5.73 Å². The third-order valence-corrected chi connectivity index (χ3v) is 3.71. The van der Waals surface area contributed by atoms with Gasteiger partial charge >= 0.3 is 6.08 Å². The number of imidazole rings is 1. The summed E-state index contributed by atoms with van der Waals surface area (Å²) in [5.74, 6) is 0.0331. The van der Waals surface area contributed by atoms with E-state index in [0.717, 1.165) is 17.2 Å². The highest BCUT2D eigenvalue weighted by molar-refractivity contribution is 5.81. The van der Waals surface area contributed by atoms with Gasteiger partial charge in [0, 0.05) is 6.08 Å². The van der Waals surface area contributed by atoms with Crippen LogP contribution in [0.1, 0.15) is 6.23 Å². The first-order valence-corrected chi connectivity index (χ1v) is 6.73. The number of alkyl halides is 1. The number of hydrogen-bond donors (Lipinski definition) is 3. The maximum absolute atomic E-state index is 15.3. The number of nitrogens with zero attached hydrogens (tertiary/aromatic N) is 4. The topological polar surface area (TPSA) is 119 Å². The number of fused-ring (bicyclic) bond motifs is 1. The molecular formula is C13H12F3N5O3. The summed E-state index contributed by atoms with van der Waals surface area (Å²) in [5, 5.41) is 19.2. The Bertz CT molecular complexity index is 833. The molecule has 8 nitrogen and oxygen atoms in total. The monoisotopic (exact) mass is 343 g/mol. The number of aliphatic hydroxyl groups excluding tert-OH is 2. The van der Waals surface area contributed by atoms with Crippen LogP contribution >= 0.6 is 0 Å². The number of aliphatic hydroxyl groups is 2. The first kappa shape index (κ1) is 16.4. The highest BCUT2D eigenvalue weighted by atomic mass is 19.3. The van der Waals surface area contributed by atoms with Gasteiger partial charge in [-0.25, -0.2) is 19.3 Å². The molecule has 0 unspecified atom stereocenters. The van der Waals surface area contributed by atoms with Crippen molar-refractivity contribution in [3.63, 3.8) is 0 Å². The zero-order chi connectivity index (χ0) is 17.5. The van der Waals surface area contributed by atoms with Crippen LogP contribution < -0.4 is 5.73 Å². The highest BCUT2D eigenvalue weighted by Crippen LogP contribution is 2.43. The van der Waals surface area contributed by atoms with Crippen molar-refractivity contribution in [3.8, 4) is 0 Å². The largest absolute Gasteiger partial charge is 0.394 e. The van der Waals surface area contributed by atoms with E-state index in [9.17, 15) is 19.0 Å². The summed E-state index contributed by atoms with van der Waals surface area (Å²) in [6.07, 6.45) is -4.52. The Kier molecular flexibility index (Phi) is 4.01. The summed E-state index contributed by atoms with van der Waals surface area (Å²) < 4.78 is 46.3. The van der Waals surface area contributed by atoms with Gasteiger partial charge in [0.2, 0.25) is 5.67 Å². The summed E-state index contributed by atoms with van der Waals surface area (Å²) >= 11 is 0. The molecule has 1 fully saturated rings. The van der Waals surface area contributed by atoms with Crippen molar-refractivity contribution in [1.82, 2.24) is 19.5 Å². The molecule has 4 atom stereocenters. The van der Waals surface area contributed by atoms with Crippen molar-refractivity contribution in [2.45, 2.75) is 24.1 Å². The van der Waals surface area contributed by atoms with Crippen molar-refractivity contribution >= 4 is 17.0 Å². The third kappa shape index (κ3) is 2.43. The normalized spacial score (nSPS) is 29.6. The van der Waals surface area contributed by atoms with E-state index in [1.54, 1.807) is 0 Å². The van der Waals surface area contributed by atoms with Crippen molar-refractivity contribution in [1.29, 1.82) is 0 Å². The molecule has 0 bridgehead atoms. The Morgan fingerprint density at radius 3 is 2.88 bits per heavy atom. The van der Waals surface area contributed by atoms with E-state index in [-0.39, 0.29) is 17.0 Å². The van der Waals surface area contributed by atoms with E-state index >= 15 is 4.39 Å². The zero-order valence-corrected chi connectivity index (χ0v) is 12.0. The molecule has 1 aliphatic heterocycles. The lowest BCUT2D eigenvalue weighted by molar-refractivity contribution is -0.0515. The lowest BCUT2D eigenvalue weighted by atomic mass is 9.96. The van der Waals surface area contributed by atoms with Gasteiger partial charge in [0.15, 0.2) is 17.7 Å². The third-order valence-electron chi connectivity index (χ3n) is 3.71. The molecule has 0 aliphatic carbocycles. The molecule has 1 aliphatic rings. The van der Waals surface area contributed by atoms with Crippen LogP contribution in [0, 0.1) is 0 Å². The van der Waals surface area contributed by atoms with Gasteiger partial charge in [-0.15, -0.1) is 0 Å². The number of hydrogen-bond acceptors (Lipinski definition) is 7. The molecule has 24 heavy (non-hydrogen) atoms. The van der Waals surface area contributed by atoms with Crippen LogP contribution in [-0.2, 0) is 4.74 Å². The Morgan fingerprint density at radius 2 is 2.21 bits per heavy atom. The van der Waals surface area contributed by atoms with Gasteiger partial charge in [0.05, 0.1) is 12.9 Å². The van der Waals surface area contributed by atoms with Crippen molar-refractivity contribution in [2.75, 3.05) is 12.3 Å². The van der Waals surface area contributed by atoms with Gasteiger partial charge in [0.1, 0.15) is 24.1 Å². The fourth-order valence-electron chi connectivity index (χ4n) is 2.56. The number of anilines is 1. The number of rotatable bonds is 3. The second-order valence-corrected chi connectivity index (χ2v) is 5.11. The highest BCUT2D eigenvalue weighted by Gasteiger charge is 2.57. The molecule has 3 rings (SSSR count). The van der Waals surface area contributed by atoms with Crippen LogP contribution in [-0.4, -0.2) is 54.2 Å². The Morgan fingerprint density at radius 1 is 1.46 bits per heavy atom. The molecule has 0 aromatic carbocycles. The quantitative estimate of drug-likeness (QED) is 0.686. The molecule has 0 amide bonds.